The van der Waals surface area contributed by atoms with Gasteiger partial charge in [0.05, 0.1) is 0 Å². The average Bonchev–Trinajstić information content (AvgIpc) is 2.70. The summed E-state index contributed by atoms with van der Waals surface area (Å²) < 4.78 is 0. The molecule has 2 nitrogen and oxygen atoms in total. The lowest BCUT2D eigenvalue weighted by atomic mass is 9.89. The maximum Gasteiger partial charge on any atom is 0.00843 e. The highest BCUT2D eigenvalue weighted by Gasteiger charge is 2.25. The van der Waals surface area contributed by atoms with Gasteiger partial charge in [0.15, 0.2) is 0 Å². The monoisotopic (exact) mass is 210 g/mol. The summed E-state index contributed by atoms with van der Waals surface area (Å²) in [5, 5.41) is 3.81. The second-order valence-electron chi connectivity index (χ2n) is 5.62. The molecule has 3 N–H and O–H groups in total. The van der Waals surface area contributed by atoms with Crippen molar-refractivity contribution in [2.45, 2.75) is 76.4 Å². The Hall–Kier alpha value is -0.0800. The molecule has 15 heavy (non-hydrogen) atoms. The Kier molecular flexibility index (Phi) is 4.04. The second kappa shape index (κ2) is 5.31. The first kappa shape index (κ1) is 11.4. The Morgan fingerprint density at radius 3 is 2.47 bits per heavy atom. The number of rotatable bonds is 3. The molecule has 0 bridgehead atoms. The van der Waals surface area contributed by atoms with E-state index in [0.29, 0.717) is 18.1 Å². The van der Waals surface area contributed by atoms with Gasteiger partial charge in [-0.1, -0.05) is 19.3 Å². The van der Waals surface area contributed by atoms with E-state index in [0.717, 1.165) is 5.92 Å². The lowest BCUT2D eigenvalue weighted by Gasteiger charge is -2.32. The van der Waals surface area contributed by atoms with Gasteiger partial charge < -0.3 is 11.1 Å². The normalized spacial score (nSPS) is 35.6. The lowest BCUT2D eigenvalue weighted by Crippen LogP contribution is -2.45. The van der Waals surface area contributed by atoms with Crippen molar-refractivity contribution in [3.05, 3.63) is 0 Å². The van der Waals surface area contributed by atoms with Crippen LogP contribution in [0.25, 0.3) is 0 Å². The minimum absolute atomic E-state index is 0.451. The summed E-state index contributed by atoms with van der Waals surface area (Å²) in [5.74, 6) is 0.933. The van der Waals surface area contributed by atoms with E-state index in [4.69, 9.17) is 5.73 Å². The van der Waals surface area contributed by atoms with Crippen LogP contribution in [0, 0.1) is 5.92 Å². The largest absolute Gasteiger partial charge is 0.328 e. The molecule has 0 aromatic rings. The highest BCUT2D eigenvalue weighted by Crippen LogP contribution is 2.28. The van der Waals surface area contributed by atoms with Crippen molar-refractivity contribution in [2.24, 2.45) is 11.7 Å². The SMILES string of the molecule is CC(NC1CCCC(N)C1)C1CCCC1. The molecule has 0 radical (unpaired) electrons. The number of hydrogen-bond donors (Lipinski definition) is 2. The van der Waals surface area contributed by atoms with Crippen LogP contribution in [0.3, 0.4) is 0 Å². The van der Waals surface area contributed by atoms with Crippen LogP contribution in [0.2, 0.25) is 0 Å². The zero-order chi connectivity index (χ0) is 10.7. The Morgan fingerprint density at radius 2 is 1.80 bits per heavy atom. The minimum Gasteiger partial charge on any atom is -0.328 e. The van der Waals surface area contributed by atoms with Crippen molar-refractivity contribution in [1.82, 2.24) is 5.32 Å². The summed E-state index contributed by atoms with van der Waals surface area (Å²) >= 11 is 0. The zero-order valence-corrected chi connectivity index (χ0v) is 10.0. The summed E-state index contributed by atoms with van der Waals surface area (Å²) in [6.07, 6.45) is 10.8. The number of hydrogen-bond acceptors (Lipinski definition) is 2. The first-order valence-corrected chi connectivity index (χ1v) is 6.77. The van der Waals surface area contributed by atoms with Crippen LogP contribution >= 0.6 is 0 Å². The molecule has 2 fully saturated rings. The predicted molar refractivity (Wildman–Crippen MR) is 64.8 cm³/mol. The highest BCUT2D eigenvalue weighted by atomic mass is 15.0. The van der Waals surface area contributed by atoms with Crippen LogP contribution in [-0.2, 0) is 0 Å². The van der Waals surface area contributed by atoms with Crippen molar-refractivity contribution in [2.75, 3.05) is 0 Å². The van der Waals surface area contributed by atoms with Crippen LogP contribution in [0.5, 0.6) is 0 Å². The summed E-state index contributed by atoms with van der Waals surface area (Å²) in [4.78, 5) is 0. The van der Waals surface area contributed by atoms with E-state index in [1.54, 1.807) is 0 Å². The fraction of sp³-hybridized carbons (Fsp3) is 1.00. The van der Waals surface area contributed by atoms with Crippen LogP contribution in [0.15, 0.2) is 0 Å². The van der Waals surface area contributed by atoms with Crippen LogP contribution in [0.1, 0.15) is 58.3 Å². The van der Waals surface area contributed by atoms with Gasteiger partial charge >= 0.3 is 0 Å². The molecule has 2 aliphatic rings. The third-order valence-electron chi connectivity index (χ3n) is 4.32. The number of nitrogens with one attached hydrogen (secondary N) is 1. The van der Waals surface area contributed by atoms with Gasteiger partial charge in [-0.25, -0.2) is 0 Å². The van der Waals surface area contributed by atoms with Gasteiger partial charge in [-0.3, -0.25) is 0 Å². The standard InChI is InChI=1S/C13H26N2/c1-10(11-5-2-3-6-11)15-13-8-4-7-12(14)9-13/h10-13,15H,2-9,14H2,1H3. The topological polar surface area (TPSA) is 38.0 Å². The molecular weight excluding hydrogens is 184 g/mol. The summed E-state index contributed by atoms with van der Waals surface area (Å²) in [5.41, 5.74) is 6.01. The van der Waals surface area contributed by atoms with Crippen molar-refractivity contribution in [3.8, 4) is 0 Å². The Morgan fingerprint density at radius 1 is 1.07 bits per heavy atom. The molecule has 0 amide bonds. The van der Waals surface area contributed by atoms with Crippen molar-refractivity contribution in [3.63, 3.8) is 0 Å². The fourth-order valence-electron chi connectivity index (χ4n) is 3.34. The first-order chi connectivity index (χ1) is 7.25. The molecule has 0 aromatic carbocycles. The van der Waals surface area contributed by atoms with Crippen LogP contribution < -0.4 is 11.1 Å². The maximum absolute atomic E-state index is 6.01. The molecule has 2 saturated carbocycles. The molecule has 2 heteroatoms. The highest BCUT2D eigenvalue weighted by molar-refractivity contribution is 4.85. The maximum atomic E-state index is 6.01. The van der Waals surface area contributed by atoms with Gasteiger partial charge in [0.2, 0.25) is 0 Å². The molecule has 0 heterocycles. The van der Waals surface area contributed by atoms with Crippen LogP contribution in [0.4, 0.5) is 0 Å². The molecule has 0 aromatic heterocycles. The lowest BCUT2D eigenvalue weighted by molar-refractivity contribution is 0.277. The third-order valence-corrected chi connectivity index (χ3v) is 4.32. The molecule has 0 saturated heterocycles. The van der Waals surface area contributed by atoms with Gasteiger partial charge in [0, 0.05) is 18.1 Å². The minimum atomic E-state index is 0.451. The zero-order valence-electron chi connectivity index (χ0n) is 10.0. The van der Waals surface area contributed by atoms with E-state index in [9.17, 15) is 0 Å². The summed E-state index contributed by atoms with van der Waals surface area (Å²) in [7, 11) is 0. The smallest absolute Gasteiger partial charge is 0.00843 e. The Balaban J connectivity index is 1.74. The van der Waals surface area contributed by atoms with E-state index < -0.39 is 0 Å². The van der Waals surface area contributed by atoms with Crippen molar-refractivity contribution in [1.29, 1.82) is 0 Å². The molecular formula is C13H26N2. The Bertz CT molecular complexity index is 187. The van der Waals surface area contributed by atoms with E-state index in [1.165, 1.54) is 51.4 Å². The summed E-state index contributed by atoms with van der Waals surface area (Å²) in [6.45, 7) is 2.37. The molecule has 2 rings (SSSR count). The van der Waals surface area contributed by atoms with Crippen molar-refractivity contribution >= 4 is 0 Å². The first-order valence-electron chi connectivity index (χ1n) is 6.77. The summed E-state index contributed by atoms with van der Waals surface area (Å²) in [6, 6.07) is 1.86. The third kappa shape index (κ3) is 3.18. The molecule has 2 aliphatic carbocycles. The molecule has 0 spiro atoms. The van der Waals surface area contributed by atoms with Gasteiger partial charge in [-0.2, -0.15) is 0 Å². The van der Waals surface area contributed by atoms with Crippen LogP contribution in [-0.4, -0.2) is 18.1 Å². The second-order valence-corrected chi connectivity index (χ2v) is 5.62. The van der Waals surface area contributed by atoms with Crippen molar-refractivity contribution < 1.29 is 0 Å². The van der Waals surface area contributed by atoms with Gasteiger partial charge in [0.25, 0.3) is 0 Å². The fourth-order valence-corrected chi connectivity index (χ4v) is 3.34. The van der Waals surface area contributed by atoms with Gasteiger partial charge in [-0.05, 0) is 44.9 Å². The van der Waals surface area contributed by atoms with E-state index in [1.807, 2.05) is 0 Å². The molecule has 88 valence electrons. The molecule has 3 unspecified atom stereocenters. The average molecular weight is 210 g/mol. The van der Waals surface area contributed by atoms with E-state index >= 15 is 0 Å². The Labute approximate surface area is 94.0 Å². The van der Waals surface area contributed by atoms with Gasteiger partial charge in [0.1, 0.15) is 0 Å². The number of nitrogens with two attached hydrogens (primary N) is 1. The molecule has 0 aliphatic heterocycles. The van der Waals surface area contributed by atoms with E-state index in [-0.39, 0.29) is 0 Å². The van der Waals surface area contributed by atoms with E-state index in [2.05, 4.69) is 12.2 Å². The molecule has 3 atom stereocenters. The predicted octanol–water partition coefficient (Wildman–Crippen LogP) is 2.42. The van der Waals surface area contributed by atoms with Gasteiger partial charge in [-0.15, -0.1) is 0 Å². The quantitative estimate of drug-likeness (QED) is 0.751.